The van der Waals surface area contributed by atoms with Crippen LogP contribution in [0.25, 0.3) is 0 Å². The number of fused-ring (bicyclic) bond motifs is 5. The summed E-state index contributed by atoms with van der Waals surface area (Å²) in [7, 11) is 1.68. The summed E-state index contributed by atoms with van der Waals surface area (Å²) in [5.41, 5.74) is 1.63. The lowest BCUT2D eigenvalue weighted by atomic mass is 9.44. The fourth-order valence-electron chi connectivity index (χ4n) is 9.66. The van der Waals surface area contributed by atoms with E-state index in [4.69, 9.17) is 9.47 Å². The maximum absolute atomic E-state index is 11.4. The molecule has 0 heterocycles. The van der Waals surface area contributed by atoms with E-state index in [0.29, 0.717) is 36.9 Å². The summed E-state index contributed by atoms with van der Waals surface area (Å²) < 4.78 is 10.7. The second-order valence-corrected chi connectivity index (χ2v) is 13.4. The number of aliphatic hydroxyl groups excluding tert-OH is 3. The van der Waals surface area contributed by atoms with E-state index in [-0.39, 0.29) is 35.1 Å². The summed E-state index contributed by atoms with van der Waals surface area (Å²) in [5.74, 6) is 3.31. The monoisotopic (exact) mass is 514 g/mol. The number of hydrogen-bond donors (Lipinski definition) is 3. The third kappa shape index (κ3) is 5.23. The Morgan fingerprint density at radius 3 is 2.38 bits per heavy atom. The van der Waals surface area contributed by atoms with Crippen molar-refractivity contribution < 1.29 is 24.8 Å². The van der Waals surface area contributed by atoms with E-state index in [9.17, 15) is 15.3 Å². The summed E-state index contributed by atoms with van der Waals surface area (Å²) in [5, 5.41) is 32.9. The average Bonchev–Trinajstić information content (AvgIpc) is 3.24. The predicted octanol–water partition coefficient (Wildman–Crippen LogP) is 5.39. The minimum absolute atomic E-state index is 0.157. The smallest absolute Gasteiger partial charge is 0.119 e. The van der Waals surface area contributed by atoms with Gasteiger partial charge < -0.3 is 24.8 Å². The van der Waals surface area contributed by atoms with Crippen LogP contribution in [0.5, 0.6) is 5.75 Å². The van der Waals surface area contributed by atoms with Gasteiger partial charge in [-0.05, 0) is 129 Å². The molecule has 0 aliphatic heterocycles. The molecule has 4 aliphatic rings. The molecule has 4 aliphatic carbocycles. The molecule has 0 radical (unpaired) electrons. The summed E-state index contributed by atoms with van der Waals surface area (Å²) >= 11 is 0. The Labute approximate surface area is 224 Å². The van der Waals surface area contributed by atoms with E-state index in [1.807, 2.05) is 12.1 Å². The van der Waals surface area contributed by atoms with Crippen molar-refractivity contribution in [2.24, 2.45) is 40.4 Å². The van der Waals surface area contributed by atoms with E-state index in [1.165, 1.54) is 24.8 Å². The van der Waals surface area contributed by atoms with Crippen LogP contribution >= 0.6 is 0 Å². The number of ether oxygens (including phenoxy) is 2. The molecule has 10 atom stereocenters. The molecule has 37 heavy (non-hydrogen) atoms. The van der Waals surface area contributed by atoms with Gasteiger partial charge in [-0.1, -0.05) is 26.0 Å². The van der Waals surface area contributed by atoms with Crippen molar-refractivity contribution in [2.45, 2.75) is 103 Å². The SMILES string of the molecule is COCCOc1ccc(CCCC(O)C2CCC3C4C[C@H](O)C5CC(O)CCC5(C)[C@H]4CCC23C)cc1. The fraction of sp³-hybridized carbons (Fsp3) is 0.812. The van der Waals surface area contributed by atoms with Crippen LogP contribution in [-0.4, -0.2) is 54.0 Å². The second-order valence-electron chi connectivity index (χ2n) is 13.4. The Balaban J connectivity index is 1.17. The van der Waals surface area contributed by atoms with Gasteiger partial charge in [-0.15, -0.1) is 0 Å². The average molecular weight is 515 g/mol. The Bertz CT molecular complexity index is 888. The Morgan fingerprint density at radius 1 is 0.892 bits per heavy atom. The molecule has 0 spiro atoms. The van der Waals surface area contributed by atoms with Gasteiger partial charge in [0.15, 0.2) is 0 Å². The highest BCUT2D eigenvalue weighted by Crippen LogP contribution is 2.67. The molecule has 5 heteroatoms. The lowest BCUT2D eigenvalue weighted by molar-refractivity contribution is -0.174. The second kappa shape index (κ2) is 11.2. The lowest BCUT2D eigenvalue weighted by Crippen LogP contribution is -2.58. The highest BCUT2D eigenvalue weighted by atomic mass is 16.5. The normalized spacial score (nSPS) is 41.9. The van der Waals surface area contributed by atoms with E-state index < -0.39 is 0 Å². The van der Waals surface area contributed by atoms with E-state index >= 15 is 0 Å². The van der Waals surface area contributed by atoms with Gasteiger partial charge in [0.25, 0.3) is 0 Å². The first kappa shape index (κ1) is 27.4. The predicted molar refractivity (Wildman–Crippen MR) is 145 cm³/mol. The van der Waals surface area contributed by atoms with Gasteiger partial charge in [0.2, 0.25) is 0 Å². The van der Waals surface area contributed by atoms with Crippen LogP contribution in [0, 0.1) is 40.4 Å². The van der Waals surface area contributed by atoms with Crippen LogP contribution in [0.15, 0.2) is 24.3 Å². The zero-order valence-corrected chi connectivity index (χ0v) is 23.3. The van der Waals surface area contributed by atoms with Crippen molar-refractivity contribution in [1.82, 2.24) is 0 Å². The molecule has 1 aromatic rings. The van der Waals surface area contributed by atoms with Gasteiger partial charge in [-0.3, -0.25) is 0 Å². The molecular formula is C32H50O5. The quantitative estimate of drug-likeness (QED) is 0.385. The van der Waals surface area contributed by atoms with Crippen molar-refractivity contribution in [3.63, 3.8) is 0 Å². The summed E-state index contributed by atoms with van der Waals surface area (Å²) in [6.45, 7) is 6.04. The number of aliphatic hydroxyl groups is 3. The van der Waals surface area contributed by atoms with Crippen LogP contribution < -0.4 is 4.74 Å². The lowest BCUT2D eigenvalue weighted by Gasteiger charge is -2.62. The summed E-state index contributed by atoms with van der Waals surface area (Å²) in [4.78, 5) is 0. The Kier molecular flexibility index (Phi) is 8.27. The molecule has 4 fully saturated rings. The van der Waals surface area contributed by atoms with Crippen LogP contribution in [0.2, 0.25) is 0 Å². The van der Waals surface area contributed by atoms with Crippen LogP contribution in [0.4, 0.5) is 0 Å². The Hall–Kier alpha value is -1.14. The van der Waals surface area contributed by atoms with Gasteiger partial charge in [0.05, 0.1) is 24.9 Å². The largest absolute Gasteiger partial charge is 0.491 e. The zero-order valence-electron chi connectivity index (χ0n) is 23.3. The van der Waals surface area contributed by atoms with Gasteiger partial charge in [0, 0.05) is 7.11 Å². The molecule has 0 amide bonds. The number of hydrogen-bond acceptors (Lipinski definition) is 5. The van der Waals surface area contributed by atoms with Crippen molar-refractivity contribution in [3.05, 3.63) is 29.8 Å². The minimum atomic E-state index is -0.288. The first-order valence-corrected chi connectivity index (χ1v) is 15.0. The van der Waals surface area contributed by atoms with E-state index in [0.717, 1.165) is 57.1 Å². The molecule has 5 nitrogen and oxygen atoms in total. The topological polar surface area (TPSA) is 79.2 Å². The molecular weight excluding hydrogens is 464 g/mol. The molecule has 5 rings (SSSR count). The zero-order chi connectivity index (χ0) is 26.2. The van der Waals surface area contributed by atoms with Crippen LogP contribution in [0.3, 0.4) is 0 Å². The summed E-state index contributed by atoms with van der Waals surface area (Å²) in [6, 6.07) is 8.32. The highest BCUT2D eigenvalue weighted by Gasteiger charge is 2.62. The number of benzene rings is 1. The standard InChI is InChI=1S/C32H50O5/c1-31-16-14-26-24(20-30(35)28-19-22(33)13-15-32(26,28)2)25(31)11-12-27(31)29(34)6-4-5-21-7-9-23(10-8-21)37-18-17-36-3/h7-10,22,24-30,33-35H,4-6,11-20H2,1-3H3/t22?,24?,25?,26-,27?,28?,29?,30-,31?,32?/m0/s1. The van der Waals surface area contributed by atoms with E-state index in [1.54, 1.807) is 7.11 Å². The van der Waals surface area contributed by atoms with Crippen molar-refractivity contribution >= 4 is 0 Å². The molecule has 0 saturated heterocycles. The molecule has 208 valence electrons. The van der Waals surface area contributed by atoms with Gasteiger partial charge in [-0.2, -0.15) is 0 Å². The van der Waals surface area contributed by atoms with E-state index in [2.05, 4.69) is 26.0 Å². The number of aryl methyl sites for hydroxylation is 1. The maximum Gasteiger partial charge on any atom is 0.119 e. The summed E-state index contributed by atoms with van der Waals surface area (Å²) in [6.07, 6.45) is 10.4. The third-order valence-corrected chi connectivity index (χ3v) is 11.6. The number of rotatable bonds is 9. The maximum atomic E-state index is 11.4. The van der Waals surface area contributed by atoms with Crippen LogP contribution in [0.1, 0.15) is 83.6 Å². The molecule has 0 aromatic heterocycles. The third-order valence-electron chi connectivity index (χ3n) is 11.6. The molecule has 0 bridgehead atoms. The van der Waals surface area contributed by atoms with Crippen LogP contribution in [-0.2, 0) is 11.2 Å². The van der Waals surface area contributed by atoms with Gasteiger partial charge in [0.1, 0.15) is 12.4 Å². The number of methoxy groups -OCH3 is 1. The molecule has 1 aromatic carbocycles. The molecule has 3 N–H and O–H groups in total. The van der Waals surface area contributed by atoms with Gasteiger partial charge >= 0.3 is 0 Å². The van der Waals surface area contributed by atoms with Crippen molar-refractivity contribution in [2.75, 3.05) is 20.3 Å². The first-order valence-electron chi connectivity index (χ1n) is 15.0. The van der Waals surface area contributed by atoms with Gasteiger partial charge in [-0.25, -0.2) is 0 Å². The molecule has 8 unspecified atom stereocenters. The molecule has 4 saturated carbocycles. The highest BCUT2D eigenvalue weighted by molar-refractivity contribution is 5.27. The minimum Gasteiger partial charge on any atom is -0.491 e. The van der Waals surface area contributed by atoms with Crippen molar-refractivity contribution in [1.29, 1.82) is 0 Å². The first-order chi connectivity index (χ1) is 17.8. The Morgan fingerprint density at radius 2 is 1.62 bits per heavy atom. The fourth-order valence-corrected chi connectivity index (χ4v) is 9.66. The van der Waals surface area contributed by atoms with Crippen molar-refractivity contribution in [3.8, 4) is 5.75 Å².